The zero-order valence-electron chi connectivity index (χ0n) is 20.4. The van der Waals surface area contributed by atoms with Crippen molar-refractivity contribution in [3.05, 3.63) is 35.8 Å². The molecule has 2 atom stereocenters. The Balaban J connectivity index is 1.43. The molecule has 12 heteroatoms. The number of aliphatic carboxylic acids is 1. The van der Waals surface area contributed by atoms with Crippen LogP contribution in [0.15, 0.2) is 24.4 Å². The van der Waals surface area contributed by atoms with Crippen molar-refractivity contribution < 1.29 is 23.8 Å². The number of aryl methyl sites for hydroxylation is 2. The van der Waals surface area contributed by atoms with Crippen LogP contribution < -0.4 is 14.8 Å². The van der Waals surface area contributed by atoms with E-state index in [1.54, 1.807) is 24.0 Å². The molecule has 1 aliphatic rings. The quantitative estimate of drug-likeness (QED) is 0.378. The Labute approximate surface area is 208 Å². The first-order chi connectivity index (χ1) is 17.4. The van der Waals surface area contributed by atoms with Gasteiger partial charge in [-0.2, -0.15) is 4.98 Å². The molecule has 2 N–H and O–H groups in total. The van der Waals surface area contributed by atoms with Gasteiger partial charge in [-0.15, -0.1) is 5.10 Å². The molecule has 4 rings (SSSR count). The third-order valence-corrected chi connectivity index (χ3v) is 6.06. The van der Waals surface area contributed by atoms with Crippen LogP contribution in [-0.2, 0) is 18.4 Å². The van der Waals surface area contributed by atoms with E-state index in [0.29, 0.717) is 60.5 Å². The lowest BCUT2D eigenvalue weighted by Crippen LogP contribution is -2.29. The van der Waals surface area contributed by atoms with Crippen LogP contribution in [0.2, 0.25) is 0 Å². The van der Waals surface area contributed by atoms with E-state index in [-0.39, 0.29) is 18.6 Å². The number of carbonyl (C=O) groups is 1. The molecule has 0 spiro atoms. The highest BCUT2D eigenvalue weighted by molar-refractivity contribution is 5.70. The molecule has 3 aromatic rings. The summed E-state index contributed by atoms with van der Waals surface area (Å²) in [6.07, 6.45) is 4.58. The number of anilines is 1. The number of nitrogens with zero attached hydrogens (tertiary/aromatic N) is 6. The molecule has 0 saturated heterocycles. The standard InChI is InChI=1S/C24H30FN7O4/c1-15-20(36-17-6-3-5-16(13-17)23(33)34)8-7-18(28-15)22-19(32(2)31-30-22)14-27-24-26-11-9-21(29-24)35-12-4-10-25/h7-9,11,16-17H,3-6,10,12-14H2,1-2H3,(H,33,34)(H,26,27,29)/t16-,17-/m0/s1. The van der Waals surface area contributed by atoms with E-state index < -0.39 is 12.6 Å². The summed E-state index contributed by atoms with van der Waals surface area (Å²) in [6.45, 7) is 1.99. The fourth-order valence-corrected chi connectivity index (χ4v) is 4.14. The second-order valence-electron chi connectivity index (χ2n) is 8.69. The minimum Gasteiger partial charge on any atom is -0.489 e. The summed E-state index contributed by atoms with van der Waals surface area (Å²) in [6, 6.07) is 5.28. The van der Waals surface area contributed by atoms with Crippen LogP contribution in [0.25, 0.3) is 11.4 Å². The van der Waals surface area contributed by atoms with Gasteiger partial charge in [0.2, 0.25) is 11.8 Å². The number of rotatable bonds is 11. The van der Waals surface area contributed by atoms with Gasteiger partial charge in [-0.1, -0.05) is 5.21 Å². The largest absolute Gasteiger partial charge is 0.489 e. The van der Waals surface area contributed by atoms with Gasteiger partial charge >= 0.3 is 5.97 Å². The lowest BCUT2D eigenvalue weighted by atomic mass is 9.87. The molecule has 0 bridgehead atoms. The van der Waals surface area contributed by atoms with Crippen LogP contribution in [0.5, 0.6) is 11.6 Å². The van der Waals surface area contributed by atoms with Crippen LogP contribution in [0.1, 0.15) is 43.5 Å². The van der Waals surface area contributed by atoms with Gasteiger partial charge in [0.1, 0.15) is 11.4 Å². The van der Waals surface area contributed by atoms with E-state index in [1.165, 1.54) is 0 Å². The number of hydrogen-bond donors (Lipinski definition) is 2. The highest BCUT2D eigenvalue weighted by Crippen LogP contribution is 2.30. The topological polar surface area (TPSA) is 137 Å². The van der Waals surface area contributed by atoms with E-state index >= 15 is 0 Å². The highest BCUT2D eigenvalue weighted by Gasteiger charge is 2.28. The summed E-state index contributed by atoms with van der Waals surface area (Å²) in [5.74, 6) is 0.233. The second-order valence-corrected chi connectivity index (χ2v) is 8.69. The minimum absolute atomic E-state index is 0.140. The molecule has 1 fully saturated rings. The lowest BCUT2D eigenvalue weighted by Gasteiger charge is -2.27. The number of nitrogens with one attached hydrogen (secondary N) is 1. The van der Waals surface area contributed by atoms with Crippen molar-refractivity contribution in [2.24, 2.45) is 13.0 Å². The van der Waals surface area contributed by atoms with Crippen LogP contribution in [0.3, 0.4) is 0 Å². The average Bonchev–Trinajstić information content (AvgIpc) is 3.24. The number of alkyl halides is 1. The molecular formula is C24H30FN7O4. The maximum atomic E-state index is 12.3. The average molecular weight is 500 g/mol. The van der Waals surface area contributed by atoms with Crippen LogP contribution in [-0.4, -0.2) is 60.4 Å². The summed E-state index contributed by atoms with van der Waals surface area (Å²) in [5.41, 5.74) is 2.72. The monoisotopic (exact) mass is 499 g/mol. The first kappa shape index (κ1) is 25.3. The van der Waals surface area contributed by atoms with Gasteiger partial charge in [0.15, 0.2) is 0 Å². The zero-order valence-corrected chi connectivity index (χ0v) is 20.4. The number of carboxylic acid groups (broad SMARTS) is 1. The SMILES string of the molecule is Cc1nc(-c2nnn(C)c2CNc2nccc(OCCCF)n2)ccc1O[C@H]1CCC[C@H](C(=O)O)C1. The Morgan fingerprint density at radius 2 is 2.14 bits per heavy atom. The minimum atomic E-state index is -0.765. The van der Waals surface area contributed by atoms with E-state index in [0.717, 1.165) is 18.5 Å². The molecule has 0 unspecified atom stereocenters. The lowest BCUT2D eigenvalue weighted by molar-refractivity contribution is -0.143. The summed E-state index contributed by atoms with van der Waals surface area (Å²) in [5, 5.41) is 20.9. The Bertz CT molecular complexity index is 1190. The van der Waals surface area contributed by atoms with Crippen molar-refractivity contribution in [1.29, 1.82) is 0 Å². The second kappa shape index (κ2) is 11.7. The van der Waals surface area contributed by atoms with Crippen molar-refractivity contribution in [3.63, 3.8) is 0 Å². The molecule has 192 valence electrons. The number of halogens is 1. The summed E-state index contributed by atoms with van der Waals surface area (Å²) in [7, 11) is 1.79. The summed E-state index contributed by atoms with van der Waals surface area (Å²) < 4.78 is 25.5. The maximum absolute atomic E-state index is 12.3. The normalized spacial score (nSPS) is 17.5. The van der Waals surface area contributed by atoms with E-state index in [9.17, 15) is 14.3 Å². The molecule has 1 aliphatic carbocycles. The van der Waals surface area contributed by atoms with E-state index in [2.05, 4.69) is 30.6 Å². The van der Waals surface area contributed by atoms with Crippen molar-refractivity contribution in [2.75, 3.05) is 18.6 Å². The van der Waals surface area contributed by atoms with Crippen molar-refractivity contribution >= 4 is 11.9 Å². The molecular weight excluding hydrogens is 469 g/mol. The molecule has 0 aliphatic heterocycles. The highest BCUT2D eigenvalue weighted by atomic mass is 19.1. The Kier molecular flexibility index (Phi) is 8.24. The van der Waals surface area contributed by atoms with Crippen molar-refractivity contribution in [3.8, 4) is 23.0 Å². The molecule has 1 saturated carbocycles. The van der Waals surface area contributed by atoms with Crippen LogP contribution in [0, 0.1) is 12.8 Å². The fraction of sp³-hybridized carbons (Fsp3) is 0.500. The Hall–Kier alpha value is -3.83. The molecule has 3 heterocycles. The molecule has 11 nitrogen and oxygen atoms in total. The number of carboxylic acids is 1. The Morgan fingerprint density at radius 1 is 1.28 bits per heavy atom. The number of ether oxygens (including phenoxy) is 2. The van der Waals surface area contributed by atoms with E-state index in [4.69, 9.17) is 9.47 Å². The summed E-state index contributed by atoms with van der Waals surface area (Å²) in [4.78, 5) is 24.5. The number of aromatic nitrogens is 6. The van der Waals surface area contributed by atoms with Gasteiger partial charge in [0.05, 0.1) is 48.9 Å². The predicted octanol–water partition coefficient (Wildman–Crippen LogP) is 3.35. The molecule has 0 aromatic carbocycles. The van der Waals surface area contributed by atoms with Gasteiger partial charge in [0.25, 0.3) is 0 Å². The van der Waals surface area contributed by atoms with Crippen LogP contribution in [0.4, 0.5) is 10.3 Å². The first-order valence-corrected chi connectivity index (χ1v) is 12.0. The smallest absolute Gasteiger partial charge is 0.306 e. The molecule has 0 amide bonds. The number of pyridine rings is 1. The molecule has 0 radical (unpaired) electrons. The van der Waals surface area contributed by atoms with Gasteiger partial charge < -0.3 is 19.9 Å². The Morgan fingerprint density at radius 3 is 2.92 bits per heavy atom. The predicted molar refractivity (Wildman–Crippen MR) is 128 cm³/mol. The van der Waals surface area contributed by atoms with Crippen molar-refractivity contribution in [1.82, 2.24) is 29.9 Å². The zero-order chi connectivity index (χ0) is 25.5. The van der Waals surface area contributed by atoms with Gasteiger partial charge in [-0.3, -0.25) is 9.18 Å². The van der Waals surface area contributed by atoms with Gasteiger partial charge in [0, 0.05) is 25.7 Å². The van der Waals surface area contributed by atoms with E-state index in [1.807, 2.05) is 19.1 Å². The van der Waals surface area contributed by atoms with Gasteiger partial charge in [-0.05, 0) is 44.7 Å². The molecule has 3 aromatic heterocycles. The van der Waals surface area contributed by atoms with Gasteiger partial charge in [-0.25, -0.2) is 14.6 Å². The van der Waals surface area contributed by atoms with Crippen molar-refractivity contribution in [2.45, 2.75) is 51.7 Å². The first-order valence-electron chi connectivity index (χ1n) is 12.0. The summed E-state index contributed by atoms with van der Waals surface area (Å²) >= 11 is 0. The third-order valence-electron chi connectivity index (χ3n) is 6.06. The molecule has 36 heavy (non-hydrogen) atoms. The fourth-order valence-electron chi connectivity index (χ4n) is 4.14. The van der Waals surface area contributed by atoms with Crippen LogP contribution >= 0.6 is 0 Å². The number of hydrogen-bond acceptors (Lipinski definition) is 9. The third kappa shape index (κ3) is 6.23. The maximum Gasteiger partial charge on any atom is 0.306 e.